The summed E-state index contributed by atoms with van der Waals surface area (Å²) >= 11 is 1.95. The first-order valence-electron chi connectivity index (χ1n) is 6.59. The van der Waals surface area contributed by atoms with E-state index in [0.717, 1.165) is 13.1 Å². The van der Waals surface area contributed by atoms with E-state index in [1.807, 2.05) is 11.8 Å². The summed E-state index contributed by atoms with van der Waals surface area (Å²) < 4.78 is 0. The maximum atomic E-state index is 3.55. The van der Waals surface area contributed by atoms with Crippen molar-refractivity contribution >= 4 is 11.8 Å². The Morgan fingerprint density at radius 1 is 1.12 bits per heavy atom. The predicted octanol–water partition coefficient (Wildman–Crippen LogP) is 3.91. The standard InChI is InChI=1S/C15H25NS/c1-14(15-9-5-3-6-10-15)13-16-11-7-4-8-12-17-2/h3,5-6,9-10,14,16H,4,7-8,11-13H2,1-2H3. The van der Waals surface area contributed by atoms with Crippen LogP contribution in [0.1, 0.15) is 37.7 Å². The lowest BCUT2D eigenvalue weighted by molar-refractivity contribution is 0.579. The summed E-state index contributed by atoms with van der Waals surface area (Å²) in [6, 6.07) is 10.7. The number of rotatable bonds is 9. The van der Waals surface area contributed by atoms with Crippen LogP contribution in [0.3, 0.4) is 0 Å². The molecule has 0 heterocycles. The zero-order valence-corrected chi connectivity index (χ0v) is 11.9. The first-order valence-corrected chi connectivity index (χ1v) is 7.98. The van der Waals surface area contributed by atoms with Gasteiger partial charge in [-0.15, -0.1) is 0 Å². The molecular weight excluding hydrogens is 226 g/mol. The summed E-state index contributed by atoms with van der Waals surface area (Å²) in [6.45, 7) is 4.54. The summed E-state index contributed by atoms with van der Waals surface area (Å²) in [5.74, 6) is 1.92. The van der Waals surface area contributed by atoms with Crippen LogP contribution in [0.15, 0.2) is 30.3 Å². The van der Waals surface area contributed by atoms with E-state index in [-0.39, 0.29) is 0 Å². The van der Waals surface area contributed by atoms with Gasteiger partial charge in [-0.1, -0.05) is 43.7 Å². The number of unbranched alkanes of at least 4 members (excludes halogenated alkanes) is 2. The van der Waals surface area contributed by atoms with Gasteiger partial charge in [0, 0.05) is 6.54 Å². The molecule has 0 saturated carbocycles. The summed E-state index contributed by atoms with van der Waals surface area (Å²) in [5.41, 5.74) is 1.43. The van der Waals surface area contributed by atoms with E-state index < -0.39 is 0 Å². The van der Waals surface area contributed by atoms with Crippen molar-refractivity contribution in [2.45, 2.75) is 32.1 Å². The molecule has 0 fully saturated rings. The highest BCUT2D eigenvalue weighted by Crippen LogP contribution is 2.12. The van der Waals surface area contributed by atoms with Gasteiger partial charge in [0.05, 0.1) is 0 Å². The molecule has 1 nitrogen and oxygen atoms in total. The fraction of sp³-hybridized carbons (Fsp3) is 0.600. The second-order valence-corrected chi connectivity index (χ2v) is 5.55. The molecule has 0 aliphatic carbocycles. The Morgan fingerprint density at radius 2 is 1.88 bits per heavy atom. The average Bonchev–Trinajstić information content (AvgIpc) is 2.38. The Bertz CT molecular complexity index is 274. The molecular formula is C15H25NS. The van der Waals surface area contributed by atoms with Crippen LogP contribution in [0, 0.1) is 0 Å². The zero-order chi connectivity index (χ0) is 12.3. The van der Waals surface area contributed by atoms with Crippen molar-refractivity contribution in [3.05, 3.63) is 35.9 Å². The fourth-order valence-corrected chi connectivity index (χ4v) is 2.38. The molecule has 0 amide bonds. The maximum absolute atomic E-state index is 3.55. The second kappa shape index (κ2) is 9.55. The van der Waals surface area contributed by atoms with Crippen molar-refractivity contribution < 1.29 is 0 Å². The van der Waals surface area contributed by atoms with Gasteiger partial charge in [0.15, 0.2) is 0 Å². The van der Waals surface area contributed by atoms with E-state index in [4.69, 9.17) is 0 Å². The van der Waals surface area contributed by atoms with E-state index >= 15 is 0 Å². The summed E-state index contributed by atoms with van der Waals surface area (Å²) in [4.78, 5) is 0. The van der Waals surface area contributed by atoms with Gasteiger partial charge in [0.2, 0.25) is 0 Å². The number of benzene rings is 1. The van der Waals surface area contributed by atoms with Crippen molar-refractivity contribution in [1.29, 1.82) is 0 Å². The Hall–Kier alpha value is -0.470. The monoisotopic (exact) mass is 251 g/mol. The summed E-state index contributed by atoms with van der Waals surface area (Å²) in [6.07, 6.45) is 6.20. The first-order chi connectivity index (χ1) is 8.34. The Kier molecular flexibility index (Phi) is 8.20. The maximum Gasteiger partial charge on any atom is 0.00174 e. The number of nitrogens with one attached hydrogen (secondary N) is 1. The van der Waals surface area contributed by atoms with Crippen LogP contribution in [0.5, 0.6) is 0 Å². The highest BCUT2D eigenvalue weighted by molar-refractivity contribution is 7.98. The van der Waals surface area contributed by atoms with Gasteiger partial charge in [0.25, 0.3) is 0 Å². The van der Waals surface area contributed by atoms with Gasteiger partial charge < -0.3 is 5.32 Å². The number of hydrogen-bond donors (Lipinski definition) is 1. The second-order valence-electron chi connectivity index (χ2n) is 4.57. The number of hydrogen-bond acceptors (Lipinski definition) is 2. The minimum Gasteiger partial charge on any atom is -0.316 e. The molecule has 1 aromatic carbocycles. The largest absolute Gasteiger partial charge is 0.316 e. The Morgan fingerprint density at radius 3 is 2.59 bits per heavy atom. The SMILES string of the molecule is CSCCCCCNCC(C)c1ccccc1. The molecule has 0 bridgehead atoms. The molecule has 2 heteroatoms. The predicted molar refractivity (Wildman–Crippen MR) is 80.0 cm³/mol. The van der Waals surface area contributed by atoms with Gasteiger partial charge in [0.1, 0.15) is 0 Å². The van der Waals surface area contributed by atoms with E-state index in [1.165, 1.54) is 30.6 Å². The van der Waals surface area contributed by atoms with Crippen molar-refractivity contribution in [2.75, 3.05) is 25.1 Å². The third-order valence-electron chi connectivity index (χ3n) is 3.02. The van der Waals surface area contributed by atoms with E-state index in [2.05, 4.69) is 48.8 Å². The minimum absolute atomic E-state index is 0.613. The van der Waals surface area contributed by atoms with Crippen LogP contribution >= 0.6 is 11.8 Å². The number of thioether (sulfide) groups is 1. The molecule has 1 atom stereocenters. The van der Waals surface area contributed by atoms with Crippen molar-refractivity contribution in [2.24, 2.45) is 0 Å². The van der Waals surface area contributed by atoms with Gasteiger partial charge in [-0.3, -0.25) is 0 Å². The molecule has 0 spiro atoms. The van der Waals surface area contributed by atoms with Gasteiger partial charge in [-0.05, 0) is 42.9 Å². The molecule has 96 valence electrons. The van der Waals surface area contributed by atoms with Crippen molar-refractivity contribution in [3.63, 3.8) is 0 Å². The summed E-state index contributed by atoms with van der Waals surface area (Å²) in [5, 5.41) is 3.55. The lowest BCUT2D eigenvalue weighted by Gasteiger charge is -2.12. The smallest absolute Gasteiger partial charge is 0.00174 e. The lowest BCUT2D eigenvalue weighted by Crippen LogP contribution is -2.21. The summed E-state index contributed by atoms with van der Waals surface area (Å²) in [7, 11) is 0. The highest BCUT2D eigenvalue weighted by atomic mass is 32.2. The van der Waals surface area contributed by atoms with Crippen LogP contribution in [0.2, 0.25) is 0 Å². The van der Waals surface area contributed by atoms with Crippen molar-refractivity contribution in [1.82, 2.24) is 5.32 Å². The third kappa shape index (κ3) is 6.75. The van der Waals surface area contributed by atoms with Crippen LogP contribution < -0.4 is 5.32 Å². The first kappa shape index (κ1) is 14.6. The quantitative estimate of drug-likeness (QED) is 0.668. The fourth-order valence-electron chi connectivity index (χ4n) is 1.89. The molecule has 0 saturated heterocycles. The molecule has 0 aliphatic rings. The van der Waals surface area contributed by atoms with Gasteiger partial charge >= 0.3 is 0 Å². The molecule has 1 unspecified atom stereocenters. The topological polar surface area (TPSA) is 12.0 Å². The zero-order valence-electron chi connectivity index (χ0n) is 11.1. The van der Waals surface area contributed by atoms with Gasteiger partial charge in [-0.2, -0.15) is 11.8 Å². The van der Waals surface area contributed by atoms with E-state index in [1.54, 1.807) is 0 Å². The minimum atomic E-state index is 0.613. The van der Waals surface area contributed by atoms with E-state index in [9.17, 15) is 0 Å². The van der Waals surface area contributed by atoms with Crippen LogP contribution in [0.25, 0.3) is 0 Å². The Labute approximate surface area is 110 Å². The van der Waals surface area contributed by atoms with Crippen molar-refractivity contribution in [3.8, 4) is 0 Å². The average molecular weight is 251 g/mol. The Balaban J connectivity index is 2.03. The highest BCUT2D eigenvalue weighted by Gasteiger charge is 2.03. The van der Waals surface area contributed by atoms with Gasteiger partial charge in [-0.25, -0.2) is 0 Å². The lowest BCUT2D eigenvalue weighted by atomic mass is 10.0. The molecule has 0 radical (unpaired) electrons. The molecule has 1 aromatic rings. The normalized spacial score (nSPS) is 12.6. The molecule has 17 heavy (non-hydrogen) atoms. The third-order valence-corrected chi connectivity index (χ3v) is 3.72. The molecule has 1 N–H and O–H groups in total. The molecule has 0 aromatic heterocycles. The van der Waals surface area contributed by atoms with E-state index in [0.29, 0.717) is 5.92 Å². The van der Waals surface area contributed by atoms with Crippen LogP contribution in [-0.4, -0.2) is 25.1 Å². The molecule has 0 aliphatic heterocycles. The molecule has 1 rings (SSSR count). The van der Waals surface area contributed by atoms with Crippen LogP contribution in [0.4, 0.5) is 0 Å². The van der Waals surface area contributed by atoms with Crippen LogP contribution in [-0.2, 0) is 0 Å².